The van der Waals surface area contributed by atoms with Crippen LogP contribution < -0.4 is 10.1 Å². The second-order valence-electron chi connectivity index (χ2n) is 6.47. The summed E-state index contributed by atoms with van der Waals surface area (Å²) in [6, 6.07) is 14.1. The van der Waals surface area contributed by atoms with Crippen molar-refractivity contribution in [3.8, 4) is 17.4 Å². The molecule has 0 unspecified atom stereocenters. The van der Waals surface area contributed by atoms with Gasteiger partial charge >= 0.3 is 0 Å². The fraction of sp³-hybridized carbons (Fsp3) is 0.0455. The molecule has 0 aliphatic rings. The molecule has 1 N–H and O–H groups in total. The Balaban J connectivity index is 1.40. The Morgan fingerprint density at radius 3 is 2.58 bits per heavy atom. The summed E-state index contributed by atoms with van der Waals surface area (Å²) in [5.74, 6) is 0.602. The number of nitrogens with one attached hydrogen (secondary N) is 1. The maximum absolute atomic E-state index is 13.0. The topological polar surface area (TPSA) is 69.0 Å². The first-order chi connectivity index (χ1) is 15.0. The molecule has 0 aliphatic heterocycles. The minimum Gasteiger partial charge on any atom is -0.439 e. The van der Waals surface area contributed by atoms with E-state index in [1.807, 2.05) is 0 Å². The molecule has 0 radical (unpaired) electrons. The third-order valence-corrected chi connectivity index (χ3v) is 4.77. The van der Waals surface area contributed by atoms with Gasteiger partial charge in [-0.25, -0.2) is 14.4 Å². The van der Waals surface area contributed by atoms with Crippen molar-refractivity contribution >= 4 is 29.1 Å². The molecular weight excluding hydrogens is 442 g/mol. The average Bonchev–Trinajstić information content (AvgIpc) is 3.24. The highest BCUT2D eigenvalue weighted by Crippen LogP contribution is 2.23. The minimum atomic E-state index is -0.341. The number of hydrogen-bond acceptors (Lipinski definition) is 4. The quantitative estimate of drug-likeness (QED) is 0.419. The number of ether oxygens (including phenoxy) is 1. The van der Waals surface area contributed by atoms with E-state index in [4.69, 9.17) is 27.9 Å². The minimum absolute atomic E-state index is 0.260. The molecule has 0 spiro atoms. The summed E-state index contributed by atoms with van der Waals surface area (Å²) in [6.45, 7) is 0.260. The van der Waals surface area contributed by atoms with Gasteiger partial charge in [0.1, 0.15) is 17.3 Å². The van der Waals surface area contributed by atoms with Gasteiger partial charge in [0.25, 0.3) is 5.91 Å². The van der Waals surface area contributed by atoms with Gasteiger partial charge < -0.3 is 10.1 Å². The Hall–Kier alpha value is -3.42. The van der Waals surface area contributed by atoms with E-state index in [0.29, 0.717) is 33.2 Å². The molecule has 9 heteroatoms. The van der Waals surface area contributed by atoms with E-state index in [9.17, 15) is 9.18 Å². The summed E-state index contributed by atoms with van der Waals surface area (Å²) >= 11 is 12.1. The molecule has 3 heterocycles. The van der Waals surface area contributed by atoms with Crippen LogP contribution in [0.5, 0.6) is 11.6 Å². The molecule has 1 aromatic carbocycles. The number of aromatic nitrogens is 3. The number of carbonyl (C=O) groups excluding carboxylic acids is 1. The molecule has 0 bridgehead atoms. The third-order valence-electron chi connectivity index (χ3n) is 4.28. The Bertz CT molecular complexity index is 1210. The van der Waals surface area contributed by atoms with E-state index < -0.39 is 0 Å². The van der Waals surface area contributed by atoms with Crippen molar-refractivity contribution in [1.29, 1.82) is 0 Å². The average molecular weight is 457 g/mol. The molecule has 4 rings (SSSR count). The first kappa shape index (κ1) is 20.8. The molecule has 0 saturated heterocycles. The van der Waals surface area contributed by atoms with Gasteiger partial charge in [0.2, 0.25) is 5.88 Å². The van der Waals surface area contributed by atoms with Crippen LogP contribution in [0.1, 0.15) is 16.1 Å². The van der Waals surface area contributed by atoms with E-state index in [-0.39, 0.29) is 18.3 Å². The molecule has 156 valence electrons. The van der Waals surface area contributed by atoms with E-state index in [2.05, 4.69) is 15.3 Å². The summed E-state index contributed by atoms with van der Waals surface area (Å²) in [4.78, 5) is 21.1. The Morgan fingerprint density at radius 2 is 1.87 bits per heavy atom. The van der Waals surface area contributed by atoms with Crippen molar-refractivity contribution < 1.29 is 13.9 Å². The maximum atomic E-state index is 13.0. The number of halogens is 3. The number of hydrogen-bond donors (Lipinski definition) is 1. The van der Waals surface area contributed by atoms with Crippen LogP contribution in [0.4, 0.5) is 4.39 Å². The lowest BCUT2D eigenvalue weighted by molar-refractivity contribution is 0.0944. The summed E-state index contributed by atoms with van der Waals surface area (Å²) in [5.41, 5.74) is 1.15. The fourth-order valence-electron chi connectivity index (χ4n) is 2.81. The lowest BCUT2D eigenvalue weighted by atomic mass is 10.2. The zero-order valence-electron chi connectivity index (χ0n) is 15.9. The van der Waals surface area contributed by atoms with E-state index in [1.165, 1.54) is 30.5 Å². The number of amides is 1. The molecule has 0 saturated carbocycles. The highest BCUT2D eigenvalue weighted by Gasteiger charge is 2.15. The first-order valence-corrected chi connectivity index (χ1v) is 9.90. The first-order valence-electron chi connectivity index (χ1n) is 9.15. The van der Waals surface area contributed by atoms with Crippen LogP contribution in [0, 0.1) is 5.82 Å². The standard InChI is InChI=1S/C22H15Cl2FN4O2/c23-15-10-18(24)21(27-13-15)29-9-1-2-19(29)22(30)28-12-14-3-8-20(26-11-14)31-17-6-4-16(25)5-7-17/h1-11,13H,12H2,(H,28,30). The van der Waals surface area contributed by atoms with Gasteiger partial charge in [-0.2, -0.15) is 0 Å². The smallest absolute Gasteiger partial charge is 0.268 e. The molecule has 4 aromatic rings. The van der Waals surface area contributed by atoms with Crippen molar-refractivity contribution in [2.24, 2.45) is 0 Å². The predicted molar refractivity (Wildman–Crippen MR) is 115 cm³/mol. The normalized spacial score (nSPS) is 10.7. The van der Waals surface area contributed by atoms with Crippen molar-refractivity contribution in [3.63, 3.8) is 0 Å². The summed E-state index contributed by atoms with van der Waals surface area (Å²) in [5, 5.41) is 3.58. The van der Waals surface area contributed by atoms with E-state index in [0.717, 1.165) is 5.56 Å². The fourth-order valence-corrected chi connectivity index (χ4v) is 3.28. The molecule has 0 atom stereocenters. The molecule has 0 fully saturated rings. The number of rotatable bonds is 6. The predicted octanol–water partition coefficient (Wildman–Crippen LogP) is 5.44. The number of nitrogens with zero attached hydrogens (tertiary/aromatic N) is 3. The van der Waals surface area contributed by atoms with E-state index in [1.54, 1.807) is 47.3 Å². The maximum Gasteiger partial charge on any atom is 0.268 e. The number of benzene rings is 1. The van der Waals surface area contributed by atoms with Crippen molar-refractivity contribution in [2.75, 3.05) is 0 Å². The van der Waals surface area contributed by atoms with Gasteiger partial charge in [-0.3, -0.25) is 9.36 Å². The SMILES string of the molecule is O=C(NCc1ccc(Oc2ccc(F)cc2)nc1)c1cccn1-c1ncc(Cl)cc1Cl. The molecule has 6 nitrogen and oxygen atoms in total. The highest BCUT2D eigenvalue weighted by molar-refractivity contribution is 6.35. The van der Waals surface area contributed by atoms with Crippen LogP contribution in [-0.4, -0.2) is 20.4 Å². The number of pyridine rings is 2. The molecule has 31 heavy (non-hydrogen) atoms. The Morgan fingerprint density at radius 1 is 1.06 bits per heavy atom. The van der Waals surface area contributed by atoms with Gasteiger partial charge in [-0.1, -0.05) is 29.3 Å². The third kappa shape index (κ3) is 5.02. The van der Waals surface area contributed by atoms with Crippen LogP contribution in [0.3, 0.4) is 0 Å². The Labute approximate surface area is 187 Å². The van der Waals surface area contributed by atoms with E-state index >= 15 is 0 Å². The van der Waals surface area contributed by atoms with Crippen molar-refractivity contribution in [2.45, 2.75) is 6.54 Å². The number of carbonyl (C=O) groups is 1. The molecular formula is C22H15Cl2FN4O2. The Kier molecular flexibility index (Phi) is 6.16. The van der Waals surface area contributed by atoms with Gasteiger partial charge in [-0.05, 0) is 48.0 Å². The lowest BCUT2D eigenvalue weighted by Gasteiger charge is -2.11. The van der Waals surface area contributed by atoms with Gasteiger partial charge in [-0.15, -0.1) is 0 Å². The molecule has 1 amide bonds. The van der Waals surface area contributed by atoms with Crippen LogP contribution >= 0.6 is 23.2 Å². The second-order valence-corrected chi connectivity index (χ2v) is 7.31. The summed E-state index contributed by atoms with van der Waals surface area (Å²) < 4.78 is 20.1. The van der Waals surface area contributed by atoms with Gasteiger partial charge in [0.05, 0.1) is 10.0 Å². The van der Waals surface area contributed by atoms with Crippen LogP contribution in [0.2, 0.25) is 10.0 Å². The molecule has 0 aliphatic carbocycles. The van der Waals surface area contributed by atoms with Gasteiger partial charge in [0.15, 0.2) is 5.82 Å². The summed E-state index contributed by atoms with van der Waals surface area (Å²) in [7, 11) is 0. The second kappa shape index (κ2) is 9.16. The lowest BCUT2D eigenvalue weighted by Crippen LogP contribution is -2.25. The molecule has 3 aromatic heterocycles. The highest BCUT2D eigenvalue weighted by atomic mass is 35.5. The monoisotopic (exact) mass is 456 g/mol. The van der Waals surface area contributed by atoms with Gasteiger partial charge in [0, 0.05) is 31.2 Å². The van der Waals surface area contributed by atoms with Crippen molar-refractivity contribution in [1.82, 2.24) is 19.9 Å². The zero-order chi connectivity index (χ0) is 21.8. The largest absolute Gasteiger partial charge is 0.439 e. The van der Waals surface area contributed by atoms with Crippen LogP contribution in [0.15, 0.2) is 73.2 Å². The zero-order valence-corrected chi connectivity index (χ0v) is 17.4. The summed E-state index contributed by atoms with van der Waals surface area (Å²) in [6.07, 6.45) is 4.75. The van der Waals surface area contributed by atoms with Crippen molar-refractivity contribution in [3.05, 3.63) is 100 Å². The van der Waals surface area contributed by atoms with Crippen LogP contribution in [0.25, 0.3) is 5.82 Å². The van der Waals surface area contributed by atoms with Crippen LogP contribution in [-0.2, 0) is 6.54 Å².